The molecule has 0 bridgehead atoms. The number of nitrogens with zero attached hydrogens (tertiary/aromatic N) is 4. The maximum Gasteiger partial charge on any atom is 0.243 e. The van der Waals surface area contributed by atoms with Crippen LogP contribution in [-0.4, -0.2) is 9.13 Å². The number of rotatable bonds is 10. The molecule has 0 unspecified atom stereocenters. The zero-order valence-electron chi connectivity index (χ0n) is 17.1. The molecule has 0 fully saturated rings. The second kappa shape index (κ2) is 17.4. The van der Waals surface area contributed by atoms with Gasteiger partial charge in [-0.3, -0.25) is 0 Å². The van der Waals surface area contributed by atoms with Crippen LogP contribution in [0.15, 0.2) is 37.4 Å². The summed E-state index contributed by atoms with van der Waals surface area (Å²) in [4.78, 5) is 0. The highest BCUT2D eigenvalue weighted by molar-refractivity contribution is 4.66. The maximum absolute atomic E-state index is 2.25. The third kappa shape index (κ3) is 13.2. The van der Waals surface area contributed by atoms with Crippen LogP contribution in [0.1, 0.15) is 65.2 Å². The third-order valence-corrected chi connectivity index (χ3v) is 4.19. The van der Waals surface area contributed by atoms with Crippen LogP contribution in [-0.2, 0) is 27.2 Å². The smallest absolute Gasteiger partial charge is 0.243 e. The zero-order chi connectivity index (χ0) is 17.6. The van der Waals surface area contributed by atoms with Crippen molar-refractivity contribution in [1.82, 2.24) is 9.13 Å². The van der Waals surface area contributed by atoms with Gasteiger partial charge in [0.15, 0.2) is 0 Å². The molecule has 0 aromatic carbocycles. The van der Waals surface area contributed by atoms with Crippen molar-refractivity contribution in [2.75, 3.05) is 0 Å². The Hall–Kier alpha value is -1.00. The Kier molecular flexibility index (Phi) is 18.2. The summed E-state index contributed by atoms with van der Waals surface area (Å²) in [5, 5.41) is 0. The minimum absolute atomic E-state index is 0. The van der Waals surface area contributed by atoms with Crippen molar-refractivity contribution < 1.29 is 33.9 Å². The largest absolute Gasteiger partial charge is 1.00 e. The summed E-state index contributed by atoms with van der Waals surface area (Å²) in [7, 11) is 4.12. The molecule has 0 spiro atoms. The van der Waals surface area contributed by atoms with Crippen LogP contribution < -0.4 is 33.9 Å². The Morgan fingerprint density at radius 2 is 1.00 bits per heavy atom. The monoisotopic (exact) mass is 404 g/mol. The predicted octanol–water partition coefficient (Wildman–Crippen LogP) is -2.21. The van der Waals surface area contributed by atoms with E-state index in [4.69, 9.17) is 0 Å². The Morgan fingerprint density at radius 3 is 1.27 bits per heavy atom. The van der Waals surface area contributed by atoms with Crippen molar-refractivity contribution in [1.29, 1.82) is 0 Å². The lowest BCUT2D eigenvalue weighted by molar-refractivity contribution is -0.671. The van der Waals surface area contributed by atoms with E-state index in [-0.39, 0.29) is 24.8 Å². The number of hydrogen-bond donors (Lipinski definition) is 0. The molecule has 2 aromatic rings. The van der Waals surface area contributed by atoms with Crippen LogP contribution in [0.2, 0.25) is 0 Å². The van der Waals surface area contributed by atoms with Gasteiger partial charge in [-0.05, 0) is 25.7 Å². The molecule has 152 valence electrons. The van der Waals surface area contributed by atoms with Gasteiger partial charge in [0, 0.05) is 0 Å². The highest BCUT2D eigenvalue weighted by Gasteiger charge is 1.98. The van der Waals surface area contributed by atoms with Crippen LogP contribution >= 0.6 is 0 Å². The quantitative estimate of drug-likeness (QED) is 0.315. The highest BCUT2D eigenvalue weighted by Crippen LogP contribution is 2.01. The summed E-state index contributed by atoms with van der Waals surface area (Å²) >= 11 is 0. The Balaban J connectivity index is 0. The lowest BCUT2D eigenvalue weighted by atomic mass is 10.2. The fourth-order valence-corrected chi connectivity index (χ4v) is 2.71. The van der Waals surface area contributed by atoms with Gasteiger partial charge in [-0.1, -0.05) is 39.5 Å². The van der Waals surface area contributed by atoms with Gasteiger partial charge in [-0.2, -0.15) is 0 Å². The number of halogens is 2. The SMILES string of the molecule is CCCCCCn1cc[n+](C)c1.CCCCCCn1cc[n+](C)c1.[Cl-].[Cl-]. The van der Waals surface area contributed by atoms with Gasteiger partial charge in [-0.25, -0.2) is 18.3 Å². The van der Waals surface area contributed by atoms with E-state index in [0.29, 0.717) is 0 Å². The first-order chi connectivity index (χ1) is 11.7. The molecule has 26 heavy (non-hydrogen) atoms. The van der Waals surface area contributed by atoms with Crippen molar-refractivity contribution in [3.05, 3.63) is 37.4 Å². The van der Waals surface area contributed by atoms with E-state index in [1.807, 2.05) is 0 Å². The molecule has 6 heteroatoms. The van der Waals surface area contributed by atoms with Crippen molar-refractivity contribution >= 4 is 0 Å². The molecule has 0 saturated heterocycles. The number of aryl methyl sites for hydroxylation is 4. The molecular weight excluding hydrogens is 367 g/mol. The number of aromatic nitrogens is 4. The van der Waals surface area contributed by atoms with Gasteiger partial charge in [0.2, 0.25) is 12.7 Å². The zero-order valence-corrected chi connectivity index (χ0v) is 18.6. The first-order valence-corrected chi connectivity index (χ1v) is 9.67. The lowest BCUT2D eigenvalue weighted by Gasteiger charge is -1.95. The molecule has 2 heterocycles. The topological polar surface area (TPSA) is 17.6 Å². The lowest BCUT2D eigenvalue weighted by Crippen LogP contribution is -3.00. The van der Waals surface area contributed by atoms with E-state index in [1.165, 1.54) is 64.5 Å². The van der Waals surface area contributed by atoms with Gasteiger partial charge in [0.05, 0.1) is 27.2 Å². The van der Waals surface area contributed by atoms with E-state index in [9.17, 15) is 0 Å². The molecule has 0 N–H and O–H groups in total. The molecule has 0 aliphatic heterocycles. The van der Waals surface area contributed by atoms with Crippen molar-refractivity contribution in [2.45, 2.75) is 78.3 Å². The fourth-order valence-electron chi connectivity index (χ4n) is 2.71. The Labute approximate surface area is 173 Å². The summed E-state index contributed by atoms with van der Waals surface area (Å²) in [6.45, 7) is 6.83. The van der Waals surface area contributed by atoms with E-state index in [2.05, 4.69) is 83.7 Å². The summed E-state index contributed by atoms with van der Waals surface area (Å²) in [6, 6.07) is 0. The second-order valence-electron chi connectivity index (χ2n) is 6.76. The van der Waals surface area contributed by atoms with Crippen molar-refractivity contribution in [3.8, 4) is 0 Å². The van der Waals surface area contributed by atoms with E-state index in [1.54, 1.807) is 0 Å². The molecule has 0 aliphatic rings. The Morgan fingerprint density at radius 1 is 0.615 bits per heavy atom. The molecule has 0 amide bonds. The van der Waals surface area contributed by atoms with Gasteiger partial charge >= 0.3 is 0 Å². The average molecular weight is 405 g/mol. The van der Waals surface area contributed by atoms with Gasteiger partial charge < -0.3 is 24.8 Å². The summed E-state index contributed by atoms with van der Waals surface area (Å²) in [5.74, 6) is 0. The fraction of sp³-hybridized carbons (Fsp3) is 0.700. The first-order valence-electron chi connectivity index (χ1n) is 9.67. The minimum atomic E-state index is 0. The molecule has 0 aliphatic carbocycles. The molecule has 2 aromatic heterocycles. The van der Waals surface area contributed by atoms with Crippen molar-refractivity contribution in [3.63, 3.8) is 0 Å². The van der Waals surface area contributed by atoms with Gasteiger partial charge in [0.1, 0.15) is 24.8 Å². The molecule has 2 rings (SSSR count). The van der Waals surface area contributed by atoms with Crippen LogP contribution in [0.25, 0.3) is 0 Å². The minimum Gasteiger partial charge on any atom is -1.00 e. The van der Waals surface area contributed by atoms with Crippen LogP contribution in [0.4, 0.5) is 0 Å². The third-order valence-electron chi connectivity index (χ3n) is 4.19. The summed E-state index contributed by atoms with van der Waals surface area (Å²) < 4.78 is 8.66. The number of imidazole rings is 2. The van der Waals surface area contributed by atoms with E-state index in [0.717, 1.165) is 0 Å². The van der Waals surface area contributed by atoms with Gasteiger partial charge in [0.25, 0.3) is 0 Å². The predicted molar refractivity (Wildman–Crippen MR) is 99.5 cm³/mol. The number of hydrogen-bond acceptors (Lipinski definition) is 0. The molecule has 0 radical (unpaired) electrons. The summed E-state index contributed by atoms with van der Waals surface area (Å²) in [6.07, 6.45) is 23.4. The van der Waals surface area contributed by atoms with E-state index >= 15 is 0 Å². The molecular formula is C20H38Cl2N4. The highest BCUT2D eigenvalue weighted by atomic mass is 35.5. The first kappa shape index (κ1) is 27.2. The maximum atomic E-state index is 2.25. The van der Waals surface area contributed by atoms with E-state index < -0.39 is 0 Å². The summed E-state index contributed by atoms with van der Waals surface area (Å²) in [5.41, 5.74) is 0. The Bertz CT molecular complexity index is 489. The van der Waals surface area contributed by atoms with Crippen LogP contribution in [0, 0.1) is 0 Å². The second-order valence-corrected chi connectivity index (χ2v) is 6.76. The van der Waals surface area contributed by atoms with Crippen LogP contribution in [0.3, 0.4) is 0 Å². The molecule has 0 saturated carbocycles. The van der Waals surface area contributed by atoms with Gasteiger partial charge in [-0.15, -0.1) is 0 Å². The van der Waals surface area contributed by atoms with Crippen molar-refractivity contribution in [2.24, 2.45) is 14.1 Å². The van der Waals surface area contributed by atoms with Crippen LogP contribution in [0.5, 0.6) is 0 Å². The molecule has 4 nitrogen and oxygen atoms in total. The average Bonchev–Trinajstić information content (AvgIpc) is 3.17. The molecule has 0 atom stereocenters. The standard InChI is InChI=1S/2C10H19N2.2ClH/c2*1-3-4-5-6-7-12-9-8-11(2)10-12;;/h2*8-10H,3-7H2,1-2H3;2*1H/q2*+1;;/p-2. The normalized spacial score (nSPS) is 9.69. The number of unbranched alkanes of at least 4 members (excludes halogenated alkanes) is 6.